The van der Waals surface area contributed by atoms with Gasteiger partial charge in [0.1, 0.15) is 0 Å². The van der Waals surface area contributed by atoms with Crippen molar-refractivity contribution < 1.29 is 23.1 Å². The summed E-state index contributed by atoms with van der Waals surface area (Å²) in [5.74, 6) is -0.383. The van der Waals surface area contributed by atoms with Crippen molar-refractivity contribution >= 4 is 29.0 Å². The molecule has 0 aromatic heterocycles. The highest BCUT2D eigenvalue weighted by Gasteiger charge is 2.31. The number of hydrogen-bond acceptors (Lipinski definition) is 4. The zero-order chi connectivity index (χ0) is 16.2. The van der Waals surface area contributed by atoms with E-state index in [1.54, 1.807) is 13.8 Å². The van der Waals surface area contributed by atoms with Gasteiger partial charge in [0.15, 0.2) is 0 Å². The van der Waals surface area contributed by atoms with Crippen LogP contribution in [0, 0.1) is 0 Å². The minimum absolute atomic E-state index is 0.0648. The minimum atomic E-state index is -4.48. The highest BCUT2D eigenvalue weighted by molar-refractivity contribution is 8.01. The molecule has 0 saturated heterocycles. The number of amides is 1. The van der Waals surface area contributed by atoms with Crippen molar-refractivity contribution in [2.45, 2.75) is 30.5 Å². The monoisotopic (exact) mass is 322 g/mol. The molecule has 4 N–H and O–H groups in total. The quantitative estimate of drug-likeness (QED) is 0.729. The van der Waals surface area contributed by atoms with Gasteiger partial charge in [0.2, 0.25) is 5.91 Å². The molecular weight excluding hydrogens is 305 g/mol. The van der Waals surface area contributed by atoms with E-state index >= 15 is 0 Å². The summed E-state index contributed by atoms with van der Waals surface area (Å²) in [5, 5.41) is 10.8. The van der Waals surface area contributed by atoms with Crippen molar-refractivity contribution in [3.05, 3.63) is 23.8 Å². The summed E-state index contributed by atoms with van der Waals surface area (Å²) in [7, 11) is 0. The molecule has 0 aliphatic rings. The molecule has 8 heteroatoms. The predicted molar refractivity (Wildman–Crippen MR) is 78.1 cm³/mol. The largest absolute Gasteiger partial charge is 0.416 e. The average molecular weight is 322 g/mol. The number of carbonyl (C=O) groups excluding carboxylic acids is 1. The number of carbonyl (C=O) groups is 1. The van der Waals surface area contributed by atoms with Gasteiger partial charge in [0.05, 0.1) is 28.8 Å². The third-order valence-corrected chi connectivity index (χ3v) is 3.94. The Morgan fingerprint density at radius 3 is 2.52 bits per heavy atom. The molecule has 0 fully saturated rings. The van der Waals surface area contributed by atoms with Gasteiger partial charge in [0.25, 0.3) is 0 Å². The van der Waals surface area contributed by atoms with Crippen LogP contribution in [0.3, 0.4) is 0 Å². The first-order chi connectivity index (χ1) is 9.65. The van der Waals surface area contributed by atoms with E-state index in [2.05, 4.69) is 5.32 Å². The molecule has 1 amide bonds. The molecule has 0 aliphatic heterocycles. The second kappa shape index (κ2) is 7.04. The Kier molecular flexibility index (Phi) is 5.91. The summed E-state index contributed by atoms with van der Waals surface area (Å²) in [6, 6.07) is 2.77. The number of nitrogen functional groups attached to an aromatic ring is 1. The second-order valence-corrected chi connectivity index (χ2v) is 6.34. The van der Waals surface area contributed by atoms with Gasteiger partial charge in [-0.2, -0.15) is 13.2 Å². The first-order valence-corrected chi connectivity index (χ1v) is 7.13. The van der Waals surface area contributed by atoms with E-state index in [0.29, 0.717) is 0 Å². The number of alkyl halides is 3. The Morgan fingerprint density at radius 1 is 1.43 bits per heavy atom. The van der Waals surface area contributed by atoms with E-state index in [9.17, 15) is 18.0 Å². The first-order valence-electron chi connectivity index (χ1n) is 6.19. The standard InChI is InChI=1S/C13H17F3N2O2S/c1-7(6-19)21-8(2)12(20)18-11-4-3-9(5-10(11)17)13(14,15)16/h3-5,7-8,19H,6,17H2,1-2H3,(H,18,20). The lowest BCUT2D eigenvalue weighted by atomic mass is 10.1. The highest BCUT2D eigenvalue weighted by Crippen LogP contribution is 2.33. The number of rotatable bonds is 5. The Hall–Kier alpha value is -1.41. The van der Waals surface area contributed by atoms with Gasteiger partial charge in [-0.1, -0.05) is 6.92 Å². The number of hydrogen-bond donors (Lipinski definition) is 3. The molecule has 0 heterocycles. The van der Waals surface area contributed by atoms with Gasteiger partial charge in [-0.05, 0) is 25.1 Å². The summed E-state index contributed by atoms with van der Waals surface area (Å²) in [4.78, 5) is 11.9. The zero-order valence-electron chi connectivity index (χ0n) is 11.6. The fourth-order valence-corrected chi connectivity index (χ4v) is 2.51. The van der Waals surface area contributed by atoms with Gasteiger partial charge in [-0.3, -0.25) is 4.79 Å². The maximum atomic E-state index is 12.5. The number of aliphatic hydroxyl groups is 1. The average Bonchev–Trinajstić information content (AvgIpc) is 2.39. The number of halogens is 3. The molecule has 0 aliphatic carbocycles. The number of nitrogens with two attached hydrogens (primary N) is 1. The summed E-state index contributed by atoms with van der Waals surface area (Å²) < 4.78 is 37.5. The van der Waals surface area contributed by atoms with Crippen LogP contribution in [0.25, 0.3) is 0 Å². The van der Waals surface area contributed by atoms with Crippen molar-refractivity contribution in [2.24, 2.45) is 0 Å². The van der Waals surface area contributed by atoms with E-state index < -0.39 is 17.0 Å². The summed E-state index contributed by atoms with van der Waals surface area (Å²) >= 11 is 1.26. The fourth-order valence-electron chi connectivity index (χ4n) is 1.54. The number of aliphatic hydroxyl groups excluding tert-OH is 1. The van der Waals surface area contributed by atoms with Gasteiger partial charge in [-0.15, -0.1) is 11.8 Å². The van der Waals surface area contributed by atoms with Crippen LogP contribution in [0.5, 0.6) is 0 Å². The normalized spacial score (nSPS) is 14.6. The number of thioether (sulfide) groups is 1. The third kappa shape index (κ3) is 5.13. The van der Waals surface area contributed by atoms with Gasteiger partial charge in [-0.25, -0.2) is 0 Å². The topological polar surface area (TPSA) is 75.3 Å². The van der Waals surface area contributed by atoms with E-state index in [0.717, 1.165) is 18.2 Å². The Labute approximate surface area is 124 Å². The van der Waals surface area contributed by atoms with Crippen molar-refractivity contribution in [1.82, 2.24) is 0 Å². The van der Waals surface area contributed by atoms with Gasteiger partial charge < -0.3 is 16.2 Å². The SMILES string of the molecule is CC(CO)SC(C)C(=O)Nc1ccc(C(F)(F)F)cc1N. The summed E-state index contributed by atoms with van der Waals surface area (Å²) in [6.45, 7) is 3.35. The highest BCUT2D eigenvalue weighted by atomic mass is 32.2. The Bertz CT molecular complexity index is 509. The molecule has 2 atom stereocenters. The van der Waals surface area contributed by atoms with Gasteiger partial charge >= 0.3 is 6.18 Å². The molecule has 2 unspecified atom stereocenters. The van der Waals surface area contributed by atoms with Crippen LogP contribution in [0.4, 0.5) is 24.5 Å². The molecule has 1 rings (SSSR count). The predicted octanol–water partition coefficient (Wildman–Crippen LogP) is 2.73. The van der Waals surface area contributed by atoms with Crippen molar-refractivity contribution in [1.29, 1.82) is 0 Å². The van der Waals surface area contributed by atoms with Crippen molar-refractivity contribution in [2.75, 3.05) is 17.7 Å². The molecule has 1 aromatic rings. The molecule has 118 valence electrons. The van der Waals surface area contributed by atoms with E-state index in [4.69, 9.17) is 10.8 Å². The van der Waals surface area contributed by atoms with Crippen LogP contribution in [0.2, 0.25) is 0 Å². The lowest BCUT2D eigenvalue weighted by molar-refractivity contribution is -0.137. The van der Waals surface area contributed by atoms with Crippen LogP contribution in [0.1, 0.15) is 19.4 Å². The van der Waals surface area contributed by atoms with Crippen molar-refractivity contribution in [3.8, 4) is 0 Å². The molecule has 21 heavy (non-hydrogen) atoms. The molecule has 0 spiro atoms. The minimum Gasteiger partial charge on any atom is -0.397 e. The van der Waals surface area contributed by atoms with E-state index in [1.165, 1.54) is 11.8 Å². The maximum Gasteiger partial charge on any atom is 0.416 e. The van der Waals surface area contributed by atoms with Crippen LogP contribution >= 0.6 is 11.8 Å². The molecule has 0 radical (unpaired) electrons. The molecule has 0 bridgehead atoms. The number of anilines is 2. The molecule has 1 aromatic carbocycles. The van der Waals surface area contributed by atoms with E-state index in [-0.39, 0.29) is 29.1 Å². The Balaban J connectivity index is 2.77. The maximum absolute atomic E-state index is 12.5. The van der Waals surface area contributed by atoms with Crippen LogP contribution in [-0.2, 0) is 11.0 Å². The smallest absolute Gasteiger partial charge is 0.397 e. The lowest BCUT2D eigenvalue weighted by Crippen LogP contribution is -2.25. The second-order valence-electron chi connectivity index (χ2n) is 4.56. The molecular formula is C13H17F3N2O2S. The van der Waals surface area contributed by atoms with Crippen LogP contribution in [-0.4, -0.2) is 28.1 Å². The fraction of sp³-hybridized carbons (Fsp3) is 0.462. The molecule has 0 saturated carbocycles. The summed E-state index contributed by atoms with van der Waals surface area (Å²) in [6.07, 6.45) is -4.48. The Morgan fingerprint density at radius 2 is 2.05 bits per heavy atom. The number of nitrogens with one attached hydrogen (secondary N) is 1. The number of benzene rings is 1. The third-order valence-electron chi connectivity index (χ3n) is 2.70. The first kappa shape index (κ1) is 17.6. The lowest BCUT2D eigenvalue weighted by Gasteiger charge is -2.16. The zero-order valence-corrected chi connectivity index (χ0v) is 12.4. The van der Waals surface area contributed by atoms with E-state index in [1.807, 2.05) is 0 Å². The van der Waals surface area contributed by atoms with Crippen LogP contribution in [0.15, 0.2) is 18.2 Å². The van der Waals surface area contributed by atoms with Crippen molar-refractivity contribution in [3.63, 3.8) is 0 Å². The van der Waals surface area contributed by atoms with Crippen LogP contribution < -0.4 is 11.1 Å². The molecule has 4 nitrogen and oxygen atoms in total. The van der Waals surface area contributed by atoms with Gasteiger partial charge in [0, 0.05) is 5.25 Å². The summed E-state index contributed by atoms with van der Waals surface area (Å²) in [5.41, 5.74) is 4.65.